The molecular weight excluding hydrogens is 745 g/mol. The second-order valence-electron chi connectivity index (χ2n) is 14.8. The van der Waals surface area contributed by atoms with Crippen molar-refractivity contribution in [2.24, 2.45) is 11.1 Å². The molecule has 1 spiro atoms. The zero-order chi connectivity index (χ0) is 37.7. The van der Waals surface area contributed by atoms with E-state index >= 15 is 4.79 Å². The van der Waals surface area contributed by atoms with Crippen LogP contribution in [0, 0.1) is 5.41 Å². The Hall–Kier alpha value is -2.90. The minimum Gasteiger partial charge on any atom is -0.493 e. The fourth-order valence-corrected chi connectivity index (χ4v) is 9.96. The number of amides is 2. The number of sulfone groups is 1. The summed E-state index contributed by atoms with van der Waals surface area (Å²) in [6.07, 6.45) is 4.50. The van der Waals surface area contributed by atoms with Gasteiger partial charge in [0, 0.05) is 41.0 Å². The van der Waals surface area contributed by atoms with E-state index in [4.69, 9.17) is 45.3 Å². The highest BCUT2D eigenvalue weighted by molar-refractivity contribution is 7.90. The standard InChI is InChI=1S/C38H46Cl3N5O5S/c1-5-51-31-23-30(41)32(52(4,49)50)22-29(31)38(34(48)46-20-16-37(17-21-46)14-18-45(19-15-37)24-33(42)47)43-35(2,25-6-10-27(39)11-7-25)36(3,44-38)26-8-12-28(40)13-9-26/h6-13,22-23,43-44H,5,14-21,24H2,1-4H3,(H2,42,47)/t35-,36+,38?. The predicted octanol–water partition coefficient (Wildman–Crippen LogP) is 5.82. The molecule has 280 valence electrons. The van der Waals surface area contributed by atoms with Crippen molar-refractivity contribution < 1.29 is 22.7 Å². The molecule has 4 N–H and O–H groups in total. The van der Waals surface area contributed by atoms with Gasteiger partial charge < -0.3 is 15.4 Å². The molecule has 0 saturated carbocycles. The lowest BCUT2D eigenvalue weighted by atomic mass is 9.71. The molecule has 3 saturated heterocycles. The number of hydrogen-bond acceptors (Lipinski definition) is 8. The van der Waals surface area contributed by atoms with Crippen LogP contribution in [0.5, 0.6) is 5.75 Å². The normalized spacial score (nSPS) is 26.4. The zero-order valence-corrected chi connectivity index (χ0v) is 33.0. The lowest BCUT2D eigenvalue weighted by Gasteiger charge is -2.48. The molecule has 0 aliphatic carbocycles. The number of carbonyl (C=O) groups excluding carboxylic acids is 2. The molecule has 0 bridgehead atoms. The van der Waals surface area contributed by atoms with Gasteiger partial charge in [0.15, 0.2) is 15.5 Å². The summed E-state index contributed by atoms with van der Waals surface area (Å²) in [4.78, 5) is 31.0. The second kappa shape index (κ2) is 14.4. The van der Waals surface area contributed by atoms with Gasteiger partial charge in [0.05, 0.1) is 34.1 Å². The molecule has 3 aromatic carbocycles. The Morgan fingerprint density at radius 2 is 1.31 bits per heavy atom. The second-order valence-corrected chi connectivity index (χ2v) is 18.0. The predicted molar refractivity (Wildman–Crippen MR) is 204 cm³/mol. The molecule has 52 heavy (non-hydrogen) atoms. The van der Waals surface area contributed by atoms with Crippen molar-refractivity contribution in [2.45, 2.75) is 68.1 Å². The minimum atomic E-state index is -3.83. The molecule has 10 nitrogen and oxygen atoms in total. The third-order valence-electron chi connectivity index (χ3n) is 11.6. The van der Waals surface area contributed by atoms with Gasteiger partial charge in [-0.05, 0) is 106 Å². The topological polar surface area (TPSA) is 134 Å². The summed E-state index contributed by atoms with van der Waals surface area (Å²) in [5, 5.41) is 8.68. The Bertz CT molecular complexity index is 1880. The molecular formula is C38H46Cl3N5O5S. The number of nitrogens with two attached hydrogens (primary N) is 1. The summed E-state index contributed by atoms with van der Waals surface area (Å²) in [7, 11) is -3.83. The van der Waals surface area contributed by atoms with Crippen LogP contribution in [0.2, 0.25) is 15.1 Å². The molecule has 3 aromatic rings. The first-order valence-corrected chi connectivity index (χ1v) is 20.6. The Morgan fingerprint density at radius 3 is 1.75 bits per heavy atom. The number of piperidine rings is 2. The third kappa shape index (κ3) is 7.06. The molecule has 14 heteroatoms. The van der Waals surface area contributed by atoms with E-state index in [1.807, 2.05) is 74.2 Å². The highest BCUT2D eigenvalue weighted by atomic mass is 35.5. The van der Waals surface area contributed by atoms with E-state index in [0.29, 0.717) is 28.7 Å². The van der Waals surface area contributed by atoms with Crippen LogP contribution in [0.4, 0.5) is 0 Å². The fourth-order valence-electron chi connectivity index (χ4n) is 8.39. The van der Waals surface area contributed by atoms with Crippen molar-refractivity contribution in [3.8, 4) is 5.75 Å². The molecule has 6 rings (SSSR count). The Labute approximate surface area is 321 Å². The van der Waals surface area contributed by atoms with Gasteiger partial charge >= 0.3 is 0 Å². The number of ether oxygens (including phenoxy) is 1. The number of hydrogen-bond donors (Lipinski definition) is 3. The molecule has 3 heterocycles. The summed E-state index contributed by atoms with van der Waals surface area (Å²) in [5.41, 5.74) is 3.79. The molecule has 2 amide bonds. The average Bonchev–Trinajstić information content (AvgIpc) is 3.34. The molecule has 3 aliphatic rings. The van der Waals surface area contributed by atoms with Gasteiger partial charge in [-0.15, -0.1) is 0 Å². The van der Waals surface area contributed by atoms with Crippen LogP contribution < -0.4 is 21.1 Å². The van der Waals surface area contributed by atoms with Gasteiger partial charge in [-0.2, -0.15) is 0 Å². The highest BCUT2D eigenvalue weighted by Crippen LogP contribution is 2.53. The number of rotatable bonds is 9. The number of nitrogens with one attached hydrogen (secondary N) is 2. The number of benzene rings is 3. The van der Waals surface area contributed by atoms with Crippen molar-refractivity contribution in [3.05, 3.63) is 92.4 Å². The lowest BCUT2D eigenvalue weighted by molar-refractivity contribution is -0.143. The Balaban J connectivity index is 1.50. The maximum atomic E-state index is 15.6. The number of nitrogens with zero attached hydrogens (tertiary/aromatic N) is 2. The van der Waals surface area contributed by atoms with Gasteiger partial charge in [0.2, 0.25) is 5.91 Å². The van der Waals surface area contributed by atoms with Crippen LogP contribution in [-0.4, -0.2) is 75.6 Å². The van der Waals surface area contributed by atoms with E-state index in [1.54, 1.807) is 0 Å². The van der Waals surface area contributed by atoms with Crippen molar-refractivity contribution in [2.75, 3.05) is 45.6 Å². The smallest absolute Gasteiger partial charge is 0.262 e. The SMILES string of the molecule is CCOc1cc(Cl)c(S(C)(=O)=O)cc1C1(C(=O)N2CCC3(CCN(CC(N)=O)CC3)CC2)N[C@@](C)(c2ccc(Cl)cc2)[C@@](C)(c2ccc(Cl)cc2)N1. The fraction of sp³-hybridized carbons (Fsp3) is 0.474. The van der Waals surface area contributed by atoms with E-state index in [-0.39, 0.29) is 46.0 Å². The summed E-state index contributed by atoms with van der Waals surface area (Å²) in [5.74, 6) is -0.321. The molecule has 1 unspecified atom stereocenters. The van der Waals surface area contributed by atoms with Crippen LogP contribution in [0.15, 0.2) is 65.6 Å². The van der Waals surface area contributed by atoms with Crippen molar-refractivity contribution in [1.82, 2.24) is 20.4 Å². The molecule has 0 radical (unpaired) electrons. The first-order chi connectivity index (χ1) is 24.4. The van der Waals surface area contributed by atoms with Gasteiger partial charge in [-0.3, -0.25) is 25.1 Å². The van der Waals surface area contributed by atoms with Crippen molar-refractivity contribution in [3.63, 3.8) is 0 Å². The van der Waals surface area contributed by atoms with E-state index in [0.717, 1.165) is 56.2 Å². The summed E-state index contributed by atoms with van der Waals surface area (Å²) in [6, 6.07) is 17.9. The van der Waals surface area contributed by atoms with Crippen LogP contribution in [0.3, 0.4) is 0 Å². The molecule has 0 aromatic heterocycles. The highest BCUT2D eigenvalue weighted by Gasteiger charge is 2.65. The maximum Gasteiger partial charge on any atom is 0.262 e. The van der Waals surface area contributed by atoms with E-state index in [1.165, 1.54) is 12.1 Å². The molecule has 3 fully saturated rings. The van der Waals surface area contributed by atoms with Crippen molar-refractivity contribution in [1.29, 1.82) is 0 Å². The van der Waals surface area contributed by atoms with E-state index in [9.17, 15) is 13.2 Å². The maximum absolute atomic E-state index is 15.6. The summed E-state index contributed by atoms with van der Waals surface area (Å²) >= 11 is 19.4. The summed E-state index contributed by atoms with van der Waals surface area (Å²) < 4.78 is 32.5. The molecule has 3 aliphatic heterocycles. The number of carbonyl (C=O) groups is 2. The Morgan fingerprint density at radius 1 is 0.827 bits per heavy atom. The minimum absolute atomic E-state index is 0.00110. The van der Waals surface area contributed by atoms with Crippen molar-refractivity contribution >= 4 is 56.5 Å². The first-order valence-electron chi connectivity index (χ1n) is 17.5. The van der Waals surface area contributed by atoms with Crippen LogP contribution in [-0.2, 0) is 36.2 Å². The zero-order valence-electron chi connectivity index (χ0n) is 29.9. The van der Waals surface area contributed by atoms with Crippen LogP contribution in [0.25, 0.3) is 0 Å². The largest absolute Gasteiger partial charge is 0.493 e. The third-order valence-corrected chi connectivity index (χ3v) is 13.6. The number of likely N-dealkylation sites (tertiary alicyclic amines) is 2. The Kier molecular flexibility index (Phi) is 10.7. The lowest BCUT2D eigenvalue weighted by Crippen LogP contribution is -2.62. The monoisotopic (exact) mass is 789 g/mol. The van der Waals surface area contributed by atoms with Gasteiger partial charge in [0.25, 0.3) is 5.91 Å². The first kappa shape index (κ1) is 38.8. The van der Waals surface area contributed by atoms with Crippen LogP contribution >= 0.6 is 34.8 Å². The average molecular weight is 791 g/mol. The van der Waals surface area contributed by atoms with Gasteiger partial charge in [0.1, 0.15) is 5.75 Å². The number of primary amides is 1. The quantitative estimate of drug-likeness (QED) is 0.247. The number of halogens is 3. The van der Waals surface area contributed by atoms with Crippen LogP contribution in [0.1, 0.15) is 63.1 Å². The molecule has 3 atom stereocenters. The van der Waals surface area contributed by atoms with Gasteiger partial charge in [-0.1, -0.05) is 59.1 Å². The van der Waals surface area contributed by atoms with E-state index < -0.39 is 26.6 Å². The van der Waals surface area contributed by atoms with Gasteiger partial charge in [-0.25, -0.2) is 8.42 Å². The summed E-state index contributed by atoms with van der Waals surface area (Å²) in [6.45, 7) is 8.89. The van der Waals surface area contributed by atoms with E-state index in [2.05, 4.69) is 15.5 Å².